The van der Waals surface area contributed by atoms with Crippen molar-refractivity contribution in [3.8, 4) is 0 Å². The van der Waals surface area contributed by atoms with Gasteiger partial charge in [0.1, 0.15) is 12.1 Å². The first-order valence-electron chi connectivity index (χ1n) is 9.90. The molecule has 4 rings (SSSR count). The molecule has 2 heterocycles. The summed E-state index contributed by atoms with van der Waals surface area (Å²) in [5, 5.41) is 10.1. The number of anilines is 1. The monoisotopic (exact) mass is 414 g/mol. The summed E-state index contributed by atoms with van der Waals surface area (Å²) in [6.45, 7) is 2.17. The van der Waals surface area contributed by atoms with Crippen LogP contribution in [0.4, 0.5) is 5.82 Å². The van der Waals surface area contributed by atoms with Gasteiger partial charge in [0.2, 0.25) is 0 Å². The lowest BCUT2D eigenvalue weighted by Crippen LogP contribution is -2.36. The molecule has 0 spiro atoms. The third-order valence-corrected chi connectivity index (χ3v) is 7.64. The number of nitrogens with zero attached hydrogens (tertiary/aromatic N) is 4. The average molecular weight is 415 g/mol. The number of aliphatic hydroxyl groups excluding tert-OH is 1. The highest BCUT2D eigenvalue weighted by Crippen LogP contribution is 2.32. The number of hydrogen-bond acceptors (Lipinski definition) is 6. The van der Waals surface area contributed by atoms with Gasteiger partial charge < -0.3 is 10.0 Å². The molecule has 0 amide bonds. The van der Waals surface area contributed by atoms with Crippen LogP contribution in [-0.2, 0) is 10.0 Å². The van der Waals surface area contributed by atoms with E-state index < -0.39 is 10.0 Å². The van der Waals surface area contributed by atoms with Gasteiger partial charge in [0.05, 0.1) is 10.3 Å². The van der Waals surface area contributed by atoms with Crippen molar-refractivity contribution >= 4 is 26.9 Å². The maximum atomic E-state index is 13.1. The van der Waals surface area contributed by atoms with Crippen molar-refractivity contribution in [2.75, 3.05) is 18.6 Å². The summed E-state index contributed by atoms with van der Waals surface area (Å²) in [7, 11) is -1.74. The molecule has 1 fully saturated rings. The maximum absolute atomic E-state index is 13.1. The van der Waals surface area contributed by atoms with Crippen molar-refractivity contribution < 1.29 is 13.5 Å². The molecule has 0 bridgehead atoms. The van der Waals surface area contributed by atoms with Gasteiger partial charge in [-0.25, -0.2) is 22.4 Å². The second-order valence-corrected chi connectivity index (χ2v) is 9.65. The van der Waals surface area contributed by atoms with Gasteiger partial charge in [-0.15, -0.1) is 0 Å². The molecule has 7 nitrogen and oxygen atoms in total. The fraction of sp³-hybridized carbons (Fsp3) is 0.429. The first-order valence-corrected chi connectivity index (χ1v) is 11.3. The average Bonchev–Trinajstić information content (AvgIpc) is 3.19. The van der Waals surface area contributed by atoms with E-state index >= 15 is 0 Å². The second-order valence-electron chi connectivity index (χ2n) is 7.83. The van der Waals surface area contributed by atoms with Crippen LogP contribution in [0.3, 0.4) is 0 Å². The van der Waals surface area contributed by atoms with Gasteiger partial charge >= 0.3 is 0 Å². The van der Waals surface area contributed by atoms with E-state index in [2.05, 4.69) is 14.9 Å². The molecule has 3 aromatic rings. The summed E-state index contributed by atoms with van der Waals surface area (Å²) in [4.78, 5) is 11.1. The first-order chi connectivity index (χ1) is 13.9. The van der Waals surface area contributed by atoms with Crippen LogP contribution in [0.1, 0.15) is 31.2 Å². The Kier molecular flexibility index (Phi) is 5.31. The predicted octanol–water partition coefficient (Wildman–Crippen LogP) is 2.96. The number of hydrogen-bond donors (Lipinski definition) is 1. The summed E-state index contributed by atoms with van der Waals surface area (Å²) < 4.78 is 27.5. The molecule has 1 aliphatic carbocycles. The van der Waals surface area contributed by atoms with Crippen molar-refractivity contribution in [1.82, 2.24) is 13.9 Å². The Bertz CT molecular complexity index is 1100. The first kappa shape index (κ1) is 19.8. The molecule has 1 N–H and O–H groups in total. The molecular weight excluding hydrogens is 388 g/mol. The lowest BCUT2D eigenvalue weighted by Gasteiger charge is -2.35. The third kappa shape index (κ3) is 3.62. The molecule has 2 aromatic heterocycles. The summed E-state index contributed by atoms with van der Waals surface area (Å²) >= 11 is 0. The van der Waals surface area contributed by atoms with Gasteiger partial charge in [-0.1, -0.05) is 17.7 Å². The van der Waals surface area contributed by atoms with Crippen LogP contribution in [0.5, 0.6) is 0 Å². The van der Waals surface area contributed by atoms with E-state index in [-0.39, 0.29) is 11.5 Å². The molecule has 0 unspecified atom stereocenters. The van der Waals surface area contributed by atoms with E-state index in [0.717, 1.165) is 42.5 Å². The van der Waals surface area contributed by atoms with Crippen LogP contribution in [0.25, 0.3) is 11.0 Å². The molecule has 0 aliphatic heterocycles. The summed E-state index contributed by atoms with van der Waals surface area (Å²) in [6.07, 6.45) is 6.92. The van der Waals surface area contributed by atoms with Gasteiger partial charge in [-0.2, -0.15) is 0 Å². The van der Waals surface area contributed by atoms with Crippen molar-refractivity contribution in [1.29, 1.82) is 0 Å². The van der Waals surface area contributed by atoms with Gasteiger partial charge in [0.25, 0.3) is 10.0 Å². The Morgan fingerprint density at radius 2 is 1.79 bits per heavy atom. The lowest BCUT2D eigenvalue weighted by molar-refractivity contribution is 0.182. The second kappa shape index (κ2) is 7.76. The molecule has 0 atom stereocenters. The highest BCUT2D eigenvalue weighted by molar-refractivity contribution is 7.90. The van der Waals surface area contributed by atoms with Crippen molar-refractivity contribution in [3.63, 3.8) is 0 Å². The largest absolute Gasteiger partial charge is 0.396 e. The van der Waals surface area contributed by atoms with E-state index in [1.165, 1.54) is 10.3 Å². The minimum absolute atomic E-state index is 0.233. The van der Waals surface area contributed by atoms with Crippen molar-refractivity contribution in [2.45, 2.75) is 43.5 Å². The highest BCUT2D eigenvalue weighted by Gasteiger charge is 2.27. The van der Waals surface area contributed by atoms with Crippen LogP contribution in [0.15, 0.2) is 47.8 Å². The van der Waals surface area contributed by atoms with Crippen molar-refractivity contribution in [2.24, 2.45) is 5.92 Å². The van der Waals surface area contributed by atoms with E-state index in [1.807, 2.05) is 14.0 Å². The topological polar surface area (TPSA) is 88.3 Å². The zero-order valence-electron chi connectivity index (χ0n) is 16.7. The molecule has 29 heavy (non-hydrogen) atoms. The predicted molar refractivity (Wildman–Crippen MR) is 113 cm³/mol. The molecule has 1 aliphatic rings. The van der Waals surface area contributed by atoms with Gasteiger partial charge in [-0.3, -0.25) is 0 Å². The van der Waals surface area contributed by atoms with Crippen LogP contribution >= 0.6 is 0 Å². The molecule has 0 saturated heterocycles. The summed E-state index contributed by atoms with van der Waals surface area (Å²) in [6, 6.07) is 8.89. The Hall–Kier alpha value is -2.45. The summed E-state index contributed by atoms with van der Waals surface area (Å²) in [5.41, 5.74) is 1.38. The Labute approximate surface area is 171 Å². The van der Waals surface area contributed by atoms with Crippen LogP contribution < -0.4 is 4.90 Å². The maximum Gasteiger partial charge on any atom is 0.269 e. The van der Waals surface area contributed by atoms with E-state index in [1.54, 1.807) is 36.5 Å². The third-order valence-electron chi connectivity index (χ3n) is 5.96. The number of aryl methyl sites for hydroxylation is 1. The molecule has 8 heteroatoms. The Morgan fingerprint density at radius 1 is 1.10 bits per heavy atom. The normalized spacial score (nSPS) is 20.1. The quantitative estimate of drug-likeness (QED) is 0.691. The standard InChI is InChI=1S/C21H26N4O3S/c1-15-3-9-18(10-4-15)29(27,28)25-12-11-19-20(22-14-23-21(19)25)24(2)17-7-5-16(13-26)6-8-17/h3-4,9-12,14,16-17,26H,5-8,13H2,1-2H3. The van der Waals surface area contributed by atoms with E-state index in [9.17, 15) is 13.5 Å². The molecule has 154 valence electrons. The van der Waals surface area contributed by atoms with Crippen LogP contribution in [-0.4, -0.2) is 47.2 Å². The Morgan fingerprint density at radius 3 is 2.45 bits per heavy atom. The number of benzene rings is 1. The molecule has 1 aromatic carbocycles. The molecule has 0 radical (unpaired) electrons. The number of aromatic nitrogens is 3. The number of rotatable bonds is 5. The zero-order chi connectivity index (χ0) is 20.6. The van der Waals surface area contributed by atoms with E-state index in [0.29, 0.717) is 17.6 Å². The fourth-order valence-electron chi connectivity index (χ4n) is 4.10. The van der Waals surface area contributed by atoms with Gasteiger partial charge in [0, 0.05) is 25.9 Å². The fourth-order valence-corrected chi connectivity index (χ4v) is 5.40. The number of fused-ring (bicyclic) bond motifs is 1. The molecule has 1 saturated carbocycles. The van der Waals surface area contributed by atoms with Crippen LogP contribution in [0, 0.1) is 12.8 Å². The number of aliphatic hydroxyl groups is 1. The lowest BCUT2D eigenvalue weighted by atomic mass is 9.86. The van der Waals surface area contributed by atoms with E-state index in [4.69, 9.17) is 0 Å². The SMILES string of the molecule is Cc1ccc(S(=O)(=O)n2ccc3c(N(C)C4CCC(CO)CC4)ncnc32)cc1. The van der Waals surface area contributed by atoms with Gasteiger partial charge in [-0.05, 0) is 56.7 Å². The smallest absolute Gasteiger partial charge is 0.269 e. The minimum atomic E-state index is -3.74. The minimum Gasteiger partial charge on any atom is -0.396 e. The summed E-state index contributed by atoms with van der Waals surface area (Å²) in [5.74, 6) is 1.12. The van der Waals surface area contributed by atoms with Gasteiger partial charge in [0.15, 0.2) is 5.65 Å². The Balaban J connectivity index is 1.69. The zero-order valence-corrected chi connectivity index (χ0v) is 17.5. The van der Waals surface area contributed by atoms with Crippen molar-refractivity contribution in [3.05, 3.63) is 48.4 Å². The highest BCUT2D eigenvalue weighted by atomic mass is 32.2. The van der Waals surface area contributed by atoms with Crippen LogP contribution in [0.2, 0.25) is 0 Å². The molecular formula is C21H26N4O3S.